The lowest BCUT2D eigenvalue weighted by molar-refractivity contribution is 0.0963. The Bertz CT molecular complexity index is 1230. The molecule has 0 spiro atoms. The summed E-state index contributed by atoms with van der Waals surface area (Å²) in [6, 6.07) is 13.3. The monoisotopic (exact) mass is 434 g/mol. The Kier molecular flexibility index (Phi) is 4.87. The molecule has 1 aliphatic rings. The molecule has 0 atom stereocenters. The average molecular weight is 435 g/mol. The minimum Gasteiger partial charge on any atom is -0.355 e. The van der Waals surface area contributed by atoms with Gasteiger partial charge in [0.25, 0.3) is 5.91 Å². The van der Waals surface area contributed by atoms with E-state index in [1.807, 2.05) is 47.0 Å². The number of amides is 1. The van der Waals surface area contributed by atoms with E-state index in [9.17, 15) is 4.79 Å². The second-order valence-corrected chi connectivity index (χ2v) is 7.55. The molecule has 0 saturated heterocycles. The van der Waals surface area contributed by atoms with Gasteiger partial charge in [0.15, 0.2) is 5.82 Å². The Morgan fingerprint density at radius 1 is 1.10 bits per heavy atom. The fourth-order valence-corrected chi connectivity index (χ4v) is 3.89. The summed E-state index contributed by atoms with van der Waals surface area (Å²) < 4.78 is 1.97. The molecule has 0 radical (unpaired) electrons. The third-order valence-electron chi connectivity index (χ3n) is 5.26. The van der Waals surface area contributed by atoms with Crippen molar-refractivity contribution in [1.29, 1.82) is 0 Å². The average Bonchev–Trinajstić information content (AvgIpc) is 3.53. The molecule has 9 nitrogen and oxygen atoms in total. The maximum atomic E-state index is 12.2. The van der Waals surface area contributed by atoms with E-state index in [0.29, 0.717) is 28.9 Å². The van der Waals surface area contributed by atoms with Crippen molar-refractivity contribution in [1.82, 2.24) is 35.1 Å². The van der Waals surface area contributed by atoms with Crippen LogP contribution in [0.4, 0.5) is 11.6 Å². The highest BCUT2D eigenvalue weighted by Crippen LogP contribution is 2.36. The SMILES string of the molecule is CNC(=O)c1ccc2c(c1)N(c1nnc(Cn3nccn3)n1-c1ccc(Cl)cc1)CC2. The first kappa shape index (κ1) is 19.3. The summed E-state index contributed by atoms with van der Waals surface area (Å²) in [6.07, 6.45) is 4.11. The minimum absolute atomic E-state index is 0.126. The molecule has 0 aliphatic carbocycles. The second kappa shape index (κ2) is 7.84. The summed E-state index contributed by atoms with van der Waals surface area (Å²) in [5, 5.41) is 20.7. The summed E-state index contributed by atoms with van der Waals surface area (Å²) in [5.74, 6) is 1.22. The van der Waals surface area contributed by atoms with E-state index < -0.39 is 0 Å². The van der Waals surface area contributed by atoms with Crippen molar-refractivity contribution in [2.24, 2.45) is 0 Å². The van der Waals surface area contributed by atoms with Crippen LogP contribution in [0.2, 0.25) is 5.02 Å². The van der Waals surface area contributed by atoms with Crippen molar-refractivity contribution in [3.05, 3.63) is 76.8 Å². The molecule has 1 N–H and O–H groups in total. The lowest BCUT2D eigenvalue weighted by Gasteiger charge is -2.20. The topological polar surface area (TPSA) is 93.8 Å². The quantitative estimate of drug-likeness (QED) is 0.519. The zero-order valence-corrected chi connectivity index (χ0v) is 17.5. The molecular weight excluding hydrogens is 416 g/mol. The number of fused-ring (bicyclic) bond motifs is 1. The van der Waals surface area contributed by atoms with Crippen molar-refractivity contribution in [3.63, 3.8) is 0 Å². The van der Waals surface area contributed by atoms with Crippen LogP contribution < -0.4 is 10.2 Å². The number of hydrogen-bond donors (Lipinski definition) is 1. The maximum Gasteiger partial charge on any atom is 0.251 e. The number of anilines is 2. The number of aromatic nitrogens is 6. The molecule has 0 unspecified atom stereocenters. The third-order valence-corrected chi connectivity index (χ3v) is 5.51. The molecule has 0 fully saturated rings. The number of nitrogens with zero attached hydrogens (tertiary/aromatic N) is 7. The van der Waals surface area contributed by atoms with Gasteiger partial charge in [-0.3, -0.25) is 9.36 Å². The molecule has 2 aromatic heterocycles. The van der Waals surface area contributed by atoms with Crippen LogP contribution in [0.3, 0.4) is 0 Å². The predicted octanol–water partition coefficient (Wildman–Crippen LogP) is 2.61. The normalized spacial score (nSPS) is 12.8. The van der Waals surface area contributed by atoms with E-state index in [1.54, 1.807) is 24.2 Å². The Morgan fingerprint density at radius 3 is 2.61 bits per heavy atom. The number of hydrogen-bond acceptors (Lipinski definition) is 6. The van der Waals surface area contributed by atoms with Crippen LogP contribution in [0.1, 0.15) is 21.7 Å². The number of nitrogens with one attached hydrogen (secondary N) is 1. The number of halogens is 1. The molecule has 4 aromatic rings. The van der Waals surface area contributed by atoms with Crippen molar-refractivity contribution >= 4 is 29.1 Å². The fourth-order valence-electron chi connectivity index (χ4n) is 3.76. The standard InChI is InChI=1S/C21H19ClN8O/c1-23-20(31)15-3-2-14-8-11-28(18(14)12-15)21-27-26-19(13-29-24-9-10-25-29)30(21)17-6-4-16(22)5-7-17/h2-7,9-10,12H,8,11,13H2,1H3,(H,23,31). The van der Waals surface area contributed by atoms with Gasteiger partial charge in [-0.2, -0.15) is 15.0 Å². The van der Waals surface area contributed by atoms with Crippen LogP contribution in [0.15, 0.2) is 54.9 Å². The van der Waals surface area contributed by atoms with Crippen LogP contribution in [-0.4, -0.2) is 49.3 Å². The first-order valence-corrected chi connectivity index (χ1v) is 10.2. The fraction of sp³-hybridized carbons (Fsp3) is 0.190. The second-order valence-electron chi connectivity index (χ2n) is 7.11. The van der Waals surface area contributed by atoms with Gasteiger partial charge in [0.2, 0.25) is 5.95 Å². The molecule has 5 rings (SSSR count). The summed E-state index contributed by atoms with van der Waals surface area (Å²) in [5.41, 5.74) is 3.59. The summed E-state index contributed by atoms with van der Waals surface area (Å²) in [6.45, 7) is 1.10. The summed E-state index contributed by atoms with van der Waals surface area (Å²) in [4.78, 5) is 15.8. The number of benzene rings is 2. The number of rotatable bonds is 5. The van der Waals surface area contributed by atoms with Gasteiger partial charge in [0.05, 0.1) is 18.1 Å². The Labute approximate surface area is 183 Å². The minimum atomic E-state index is -0.126. The van der Waals surface area contributed by atoms with Crippen LogP contribution in [0.25, 0.3) is 5.69 Å². The third kappa shape index (κ3) is 3.53. The number of carbonyl (C=O) groups excluding carboxylic acids is 1. The van der Waals surface area contributed by atoms with E-state index in [0.717, 1.165) is 29.9 Å². The van der Waals surface area contributed by atoms with Crippen molar-refractivity contribution in [2.45, 2.75) is 13.0 Å². The van der Waals surface area contributed by atoms with E-state index in [4.69, 9.17) is 11.6 Å². The zero-order chi connectivity index (χ0) is 21.4. The summed E-state index contributed by atoms with van der Waals surface area (Å²) >= 11 is 6.11. The largest absolute Gasteiger partial charge is 0.355 e. The highest BCUT2D eigenvalue weighted by Gasteiger charge is 2.28. The predicted molar refractivity (Wildman–Crippen MR) is 116 cm³/mol. The van der Waals surface area contributed by atoms with Gasteiger partial charge in [0.1, 0.15) is 6.54 Å². The molecular formula is C21H19ClN8O. The molecule has 0 saturated carbocycles. The highest BCUT2D eigenvalue weighted by atomic mass is 35.5. The van der Waals surface area contributed by atoms with Gasteiger partial charge in [-0.15, -0.1) is 10.2 Å². The van der Waals surface area contributed by atoms with Crippen LogP contribution in [0, 0.1) is 0 Å². The molecule has 3 heterocycles. The van der Waals surface area contributed by atoms with E-state index >= 15 is 0 Å². The van der Waals surface area contributed by atoms with Gasteiger partial charge in [0, 0.05) is 29.9 Å². The van der Waals surface area contributed by atoms with E-state index in [2.05, 4.69) is 30.6 Å². The summed E-state index contributed by atoms with van der Waals surface area (Å²) in [7, 11) is 1.63. The Balaban J connectivity index is 1.61. The lowest BCUT2D eigenvalue weighted by Crippen LogP contribution is -2.21. The molecule has 1 amide bonds. The molecule has 156 valence electrons. The highest BCUT2D eigenvalue weighted by molar-refractivity contribution is 6.30. The van der Waals surface area contributed by atoms with Gasteiger partial charge in [-0.25, -0.2) is 0 Å². The number of carbonyl (C=O) groups is 1. The van der Waals surface area contributed by atoms with Gasteiger partial charge in [-0.1, -0.05) is 17.7 Å². The van der Waals surface area contributed by atoms with Crippen molar-refractivity contribution < 1.29 is 4.79 Å². The molecule has 0 bridgehead atoms. The van der Waals surface area contributed by atoms with E-state index in [1.165, 1.54) is 0 Å². The smallest absolute Gasteiger partial charge is 0.251 e. The van der Waals surface area contributed by atoms with Crippen molar-refractivity contribution in [2.75, 3.05) is 18.5 Å². The van der Waals surface area contributed by atoms with Crippen LogP contribution in [0.5, 0.6) is 0 Å². The molecule has 10 heteroatoms. The van der Waals surface area contributed by atoms with Crippen LogP contribution >= 0.6 is 11.6 Å². The van der Waals surface area contributed by atoms with Gasteiger partial charge in [-0.05, 0) is 48.4 Å². The first-order chi connectivity index (χ1) is 15.1. The zero-order valence-electron chi connectivity index (χ0n) is 16.7. The molecule has 1 aliphatic heterocycles. The Hall–Kier alpha value is -3.72. The van der Waals surface area contributed by atoms with Gasteiger partial charge >= 0.3 is 0 Å². The Morgan fingerprint density at radius 2 is 1.87 bits per heavy atom. The molecule has 2 aromatic carbocycles. The van der Waals surface area contributed by atoms with Crippen LogP contribution in [-0.2, 0) is 13.0 Å². The lowest BCUT2D eigenvalue weighted by atomic mass is 10.1. The molecule has 31 heavy (non-hydrogen) atoms. The van der Waals surface area contributed by atoms with Crippen molar-refractivity contribution in [3.8, 4) is 5.69 Å². The first-order valence-electron chi connectivity index (χ1n) is 9.81. The van der Waals surface area contributed by atoms with Gasteiger partial charge < -0.3 is 10.2 Å². The van der Waals surface area contributed by atoms with E-state index in [-0.39, 0.29) is 5.91 Å². The maximum absolute atomic E-state index is 12.2.